The van der Waals surface area contributed by atoms with E-state index in [2.05, 4.69) is 25.1 Å². The number of rotatable bonds is 3. The third-order valence-corrected chi connectivity index (χ3v) is 3.93. The van der Waals surface area contributed by atoms with Crippen molar-refractivity contribution < 1.29 is 4.79 Å². The molecule has 0 bridgehead atoms. The van der Waals surface area contributed by atoms with Gasteiger partial charge in [-0.25, -0.2) is 0 Å². The number of nitrogens with two attached hydrogens (primary N) is 1. The van der Waals surface area contributed by atoms with E-state index >= 15 is 0 Å². The van der Waals surface area contributed by atoms with Crippen molar-refractivity contribution in [1.82, 2.24) is 4.90 Å². The van der Waals surface area contributed by atoms with Crippen molar-refractivity contribution in [3.8, 4) is 0 Å². The van der Waals surface area contributed by atoms with Gasteiger partial charge >= 0.3 is 0 Å². The van der Waals surface area contributed by atoms with Gasteiger partial charge in [0.15, 0.2) is 0 Å². The summed E-state index contributed by atoms with van der Waals surface area (Å²) in [7, 11) is 0. The van der Waals surface area contributed by atoms with Crippen molar-refractivity contribution in [2.24, 2.45) is 5.73 Å². The molecular formula is C16H24N2O. The highest BCUT2D eigenvalue weighted by atomic mass is 16.2. The summed E-state index contributed by atoms with van der Waals surface area (Å²) >= 11 is 0. The number of benzene rings is 1. The van der Waals surface area contributed by atoms with Gasteiger partial charge in [-0.15, -0.1) is 0 Å². The molecule has 0 aromatic heterocycles. The van der Waals surface area contributed by atoms with Gasteiger partial charge in [0.05, 0.1) is 0 Å². The Morgan fingerprint density at radius 2 is 2.00 bits per heavy atom. The molecular weight excluding hydrogens is 236 g/mol. The minimum Gasteiger partial charge on any atom is -0.338 e. The zero-order valence-corrected chi connectivity index (χ0v) is 11.8. The lowest BCUT2D eigenvalue weighted by Gasteiger charge is -2.25. The Bertz CT molecular complexity index is 442. The zero-order valence-electron chi connectivity index (χ0n) is 11.8. The second-order valence-electron chi connectivity index (χ2n) is 5.44. The summed E-state index contributed by atoms with van der Waals surface area (Å²) in [5, 5.41) is 0. The molecule has 0 aliphatic carbocycles. The van der Waals surface area contributed by atoms with Gasteiger partial charge in [-0.3, -0.25) is 4.79 Å². The monoisotopic (exact) mass is 260 g/mol. The van der Waals surface area contributed by atoms with Crippen LogP contribution >= 0.6 is 0 Å². The van der Waals surface area contributed by atoms with Crippen LogP contribution in [0.15, 0.2) is 18.2 Å². The lowest BCUT2D eigenvalue weighted by molar-refractivity contribution is -0.132. The average Bonchev–Trinajstić information content (AvgIpc) is 2.40. The average molecular weight is 260 g/mol. The van der Waals surface area contributed by atoms with Crippen LogP contribution in [-0.4, -0.2) is 17.4 Å². The van der Waals surface area contributed by atoms with Gasteiger partial charge in [0.25, 0.3) is 0 Å². The van der Waals surface area contributed by atoms with Crippen molar-refractivity contribution in [1.29, 1.82) is 0 Å². The summed E-state index contributed by atoms with van der Waals surface area (Å²) in [6, 6.07) is 6.31. The molecule has 1 heterocycles. The predicted molar refractivity (Wildman–Crippen MR) is 77.6 cm³/mol. The molecule has 0 saturated carbocycles. The lowest BCUT2D eigenvalue weighted by Crippen LogP contribution is -2.32. The molecule has 0 atom stereocenters. The zero-order chi connectivity index (χ0) is 13.7. The number of nitrogens with zero attached hydrogens (tertiary/aromatic N) is 1. The Hall–Kier alpha value is -1.35. The van der Waals surface area contributed by atoms with Crippen molar-refractivity contribution in [2.45, 2.75) is 52.1 Å². The molecule has 1 amide bonds. The lowest BCUT2D eigenvalue weighted by atomic mass is 10.0. The van der Waals surface area contributed by atoms with E-state index in [0.29, 0.717) is 18.9 Å². The van der Waals surface area contributed by atoms with Crippen molar-refractivity contribution in [3.63, 3.8) is 0 Å². The number of carbonyl (C=O) groups excluding carboxylic acids is 1. The van der Waals surface area contributed by atoms with Crippen LogP contribution < -0.4 is 5.73 Å². The largest absolute Gasteiger partial charge is 0.338 e. The third-order valence-electron chi connectivity index (χ3n) is 3.93. The quantitative estimate of drug-likeness (QED) is 0.908. The van der Waals surface area contributed by atoms with Gasteiger partial charge in [0.2, 0.25) is 5.91 Å². The van der Waals surface area contributed by atoms with E-state index in [0.717, 1.165) is 31.5 Å². The van der Waals surface area contributed by atoms with Crippen LogP contribution in [0.4, 0.5) is 0 Å². The van der Waals surface area contributed by atoms with Crippen LogP contribution in [0.5, 0.6) is 0 Å². The number of carbonyl (C=O) groups is 1. The first-order valence-corrected chi connectivity index (χ1v) is 7.27. The topological polar surface area (TPSA) is 46.3 Å². The van der Waals surface area contributed by atoms with Crippen LogP contribution in [0, 0.1) is 6.92 Å². The molecule has 0 spiro atoms. The number of likely N-dealkylation sites (tertiary alicyclic amines) is 1. The Balaban J connectivity index is 2.07. The smallest absolute Gasteiger partial charge is 0.222 e. The Morgan fingerprint density at radius 1 is 1.21 bits per heavy atom. The molecule has 0 radical (unpaired) electrons. The molecule has 0 unspecified atom stereocenters. The predicted octanol–water partition coefficient (Wildman–Crippen LogP) is 2.75. The van der Waals surface area contributed by atoms with Crippen LogP contribution in [0.1, 0.15) is 48.8 Å². The molecule has 19 heavy (non-hydrogen) atoms. The van der Waals surface area contributed by atoms with Crippen LogP contribution in [0.25, 0.3) is 0 Å². The number of hydrogen-bond donors (Lipinski definition) is 1. The van der Waals surface area contributed by atoms with Gasteiger partial charge in [-0.1, -0.05) is 31.0 Å². The summed E-state index contributed by atoms with van der Waals surface area (Å²) < 4.78 is 0. The molecule has 3 heteroatoms. The van der Waals surface area contributed by atoms with Gasteiger partial charge < -0.3 is 10.6 Å². The summed E-state index contributed by atoms with van der Waals surface area (Å²) in [6.45, 7) is 4.32. The van der Waals surface area contributed by atoms with E-state index in [1.165, 1.54) is 24.0 Å². The summed E-state index contributed by atoms with van der Waals surface area (Å²) in [5.41, 5.74) is 9.28. The molecule has 2 rings (SSSR count). The fourth-order valence-corrected chi connectivity index (χ4v) is 2.65. The van der Waals surface area contributed by atoms with E-state index in [1.54, 1.807) is 0 Å². The van der Waals surface area contributed by atoms with Crippen molar-refractivity contribution in [3.05, 3.63) is 34.9 Å². The van der Waals surface area contributed by atoms with E-state index in [-0.39, 0.29) is 0 Å². The fourth-order valence-electron chi connectivity index (χ4n) is 2.65. The van der Waals surface area contributed by atoms with E-state index in [1.807, 2.05) is 4.90 Å². The SMILES string of the molecule is Cc1cc(CN)ccc1CN1CCCCCCC1=O. The van der Waals surface area contributed by atoms with Crippen LogP contribution in [0.3, 0.4) is 0 Å². The van der Waals surface area contributed by atoms with E-state index in [4.69, 9.17) is 5.73 Å². The molecule has 1 aromatic carbocycles. The minimum atomic E-state index is 0.307. The third kappa shape index (κ3) is 3.80. The first-order chi connectivity index (χ1) is 9.20. The standard InChI is InChI=1S/C16H24N2O/c1-13-10-14(11-17)7-8-15(13)12-18-9-5-3-2-4-6-16(18)19/h7-8,10H,2-6,9,11-12,17H2,1H3. The maximum Gasteiger partial charge on any atom is 0.222 e. The molecule has 3 nitrogen and oxygen atoms in total. The Kier molecular flexibility index (Phi) is 4.97. The molecule has 1 aromatic rings. The first-order valence-electron chi connectivity index (χ1n) is 7.27. The number of aryl methyl sites for hydroxylation is 1. The molecule has 2 N–H and O–H groups in total. The highest BCUT2D eigenvalue weighted by molar-refractivity contribution is 5.76. The fraction of sp³-hybridized carbons (Fsp3) is 0.562. The Labute approximate surface area is 115 Å². The number of hydrogen-bond acceptors (Lipinski definition) is 2. The van der Waals surface area contributed by atoms with Crippen molar-refractivity contribution in [2.75, 3.05) is 6.54 Å². The second-order valence-corrected chi connectivity index (χ2v) is 5.44. The Morgan fingerprint density at radius 3 is 2.74 bits per heavy atom. The summed E-state index contributed by atoms with van der Waals surface area (Å²) in [5.74, 6) is 0.307. The molecule has 1 aliphatic rings. The van der Waals surface area contributed by atoms with Gasteiger partial charge in [0.1, 0.15) is 0 Å². The van der Waals surface area contributed by atoms with Gasteiger partial charge in [-0.2, -0.15) is 0 Å². The molecule has 1 aliphatic heterocycles. The van der Waals surface area contributed by atoms with Crippen LogP contribution in [-0.2, 0) is 17.9 Å². The molecule has 104 valence electrons. The van der Waals surface area contributed by atoms with E-state index in [9.17, 15) is 4.79 Å². The normalized spacial score (nSPS) is 17.2. The van der Waals surface area contributed by atoms with Crippen molar-refractivity contribution >= 4 is 5.91 Å². The summed E-state index contributed by atoms with van der Waals surface area (Å²) in [4.78, 5) is 14.1. The van der Waals surface area contributed by atoms with Gasteiger partial charge in [-0.05, 0) is 36.5 Å². The first kappa shape index (κ1) is 14.1. The van der Waals surface area contributed by atoms with Crippen LogP contribution in [0.2, 0.25) is 0 Å². The minimum absolute atomic E-state index is 0.307. The number of amides is 1. The van der Waals surface area contributed by atoms with Gasteiger partial charge in [0, 0.05) is 26.1 Å². The maximum absolute atomic E-state index is 12.1. The molecule has 1 fully saturated rings. The highest BCUT2D eigenvalue weighted by Crippen LogP contribution is 2.17. The highest BCUT2D eigenvalue weighted by Gasteiger charge is 2.16. The molecule has 1 saturated heterocycles. The second kappa shape index (κ2) is 6.71. The van der Waals surface area contributed by atoms with E-state index < -0.39 is 0 Å². The maximum atomic E-state index is 12.1. The summed E-state index contributed by atoms with van der Waals surface area (Å²) in [6.07, 6.45) is 5.32.